The molecular formula is C26H31FN4O3. The van der Waals surface area contributed by atoms with Gasteiger partial charge in [0.1, 0.15) is 5.82 Å². The Morgan fingerprint density at radius 3 is 2.06 bits per heavy atom. The third-order valence-electron chi connectivity index (χ3n) is 6.69. The summed E-state index contributed by atoms with van der Waals surface area (Å²) in [5, 5.41) is 5.76. The highest BCUT2D eigenvalue weighted by Crippen LogP contribution is 2.32. The van der Waals surface area contributed by atoms with Gasteiger partial charge < -0.3 is 15.5 Å². The molecule has 2 aromatic rings. The molecule has 34 heavy (non-hydrogen) atoms. The number of amides is 3. The minimum Gasteiger partial charge on any atom is -0.336 e. The maximum absolute atomic E-state index is 14.1. The van der Waals surface area contributed by atoms with E-state index in [4.69, 9.17) is 0 Å². The van der Waals surface area contributed by atoms with Gasteiger partial charge in [0.25, 0.3) is 5.91 Å². The molecule has 2 fully saturated rings. The SMILES string of the molecule is CC(=O)Nc1ccc(NC(=O)C(C2CCCC2)N2CCN(C(=O)c3ccccc3F)CC2)cc1. The second-order valence-corrected chi connectivity index (χ2v) is 9.05. The molecule has 0 radical (unpaired) electrons. The lowest BCUT2D eigenvalue weighted by atomic mass is 9.94. The molecule has 1 aliphatic carbocycles. The van der Waals surface area contributed by atoms with Crippen LogP contribution < -0.4 is 10.6 Å². The van der Waals surface area contributed by atoms with Crippen LogP contribution in [0.3, 0.4) is 0 Å². The van der Waals surface area contributed by atoms with Gasteiger partial charge in [-0.3, -0.25) is 19.3 Å². The minimum atomic E-state index is -0.511. The first-order valence-electron chi connectivity index (χ1n) is 11.9. The molecule has 2 aromatic carbocycles. The molecule has 1 heterocycles. The Kier molecular flexibility index (Phi) is 7.57. The zero-order valence-electron chi connectivity index (χ0n) is 19.4. The van der Waals surface area contributed by atoms with Gasteiger partial charge in [-0.25, -0.2) is 4.39 Å². The Morgan fingerprint density at radius 2 is 1.47 bits per heavy atom. The molecule has 8 heteroatoms. The molecule has 1 aliphatic heterocycles. The highest BCUT2D eigenvalue weighted by molar-refractivity contribution is 5.96. The summed E-state index contributed by atoms with van der Waals surface area (Å²) in [5.41, 5.74) is 1.44. The quantitative estimate of drug-likeness (QED) is 0.680. The van der Waals surface area contributed by atoms with Gasteiger partial charge in [0.15, 0.2) is 0 Å². The first-order chi connectivity index (χ1) is 16.4. The first-order valence-corrected chi connectivity index (χ1v) is 11.9. The van der Waals surface area contributed by atoms with Gasteiger partial charge in [0.05, 0.1) is 11.6 Å². The van der Waals surface area contributed by atoms with Gasteiger partial charge in [0.2, 0.25) is 11.8 Å². The van der Waals surface area contributed by atoms with E-state index in [9.17, 15) is 18.8 Å². The first kappa shape index (κ1) is 23.9. The average Bonchev–Trinajstić information content (AvgIpc) is 3.35. The fourth-order valence-electron chi connectivity index (χ4n) is 5.02. The number of hydrogen-bond acceptors (Lipinski definition) is 4. The molecule has 1 saturated heterocycles. The topological polar surface area (TPSA) is 81.8 Å². The van der Waals surface area contributed by atoms with Crippen molar-refractivity contribution in [1.29, 1.82) is 0 Å². The van der Waals surface area contributed by atoms with Gasteiger partial charge in [-0.05, 0) is 55.2 Å². The summed E-state index contributed by atoms with van der Waals surface area (Å²) in [6.07, 6.45) is 4.25. The Hall–Kier alpha value is -3.26. The van der Waals surface area contributed by atoms with Crippen molar-refractivity contribution in [1.82, 2.24) is 9.80 Å². The van der Waals surface area contributed by atoms with Crippen LogP contribution in [0.25, 0.3) is 0 Å². The van der Waals surface area contributed by atoms with E-state index in [1.54, 1.807) is 41.3 Å². The fraction of sp³-hybridized carbons (Fsp3) is 0.423. The van der Waals surface area contributed by atoms with Gasteiger partial charge in [0, 0.05) is 44.5 Å². The number of rotatable bonds is 6. The van der Waals surface area contributed by atoms with Gasteiger partial charge >= 0.3 is 0 Å². The van der Waals surface area contributed by atoms with Crippen molar-refractivity contribution in [2.24, 2.45) is 5.92 Å². The second-order valence-electron chi connectivity index (χ2n) is 9.05. The van der Waals surface area contributed by atoms with Crippen LogP contribution in [-0.4, -0.2) is 59.7 Å². The Labute approximate surface area is 199 Å². The standard InChI is InChI=1S/C26H31FN4O3/c1-18(32)28-20-10-12-21(13-11-20)29-25(33)24(19-6-2-3-7-19)30-14-16-31(17-15-30)26(34)22-8-4-5-9-23(22)27/h4-5,8-13,19,24H,2-3,6-7,14-17H2,1H3,(H,28,32)(H,29,33). The fourth-order valence-corrected chi connectivity index (χ4v) is 5.02. The van der Waals surface area contributed by atoms with Crippen molar-refractivity contribution < 1.29 is 18.8 Å². The van der Waals surface area contributed by atoms with Crippen molar-refractivity contribution in [3.63, 3.8) is 0 Å². The Bertz CT molecular complexity index is 1030. The molecule has 2 aliphatic rings. The van der Waals surface area contributed by atoms with Crippen LogP contribution in [-0.2, 0) is 9.59 Å². The molecule has 0 aromatic heterocycles. The van der Waals surface area contributed by atoms with Crippen LogP contribution in [0, 0.1) is 11.7 Å². The lowest BCUT2D eigenvalue weighted by Crippen LogP contribution is -2.57. The Balaban J connectivity index is 1.41. The molecule has 3 amide bonds. The minimum absolute atomic E-state index is 0.0481. The predicted octanol–water partition coefficient (Wildman–Crippen LogP) is 3.74. The molecule has 2 N–H and O–H groups in total. The lowest BCUT2D eigenvalue weighted by molar-refractivity contribution is -0.124. The molecule has 4 rings (SSSR count). The predicted molar refractivity (Wildman–Crippen MR) is 129 cm³/mol. The van der Waals surface area contributed by atoms with Crippen LogP contribution >= 0.6 is 0 Å². The number of carbonyl (C=O) groups is 3. The van der Waals surface area contributed by atoms with E-state index in [0.29, 0.717) is 37.6 Å². The molecule has 0 spiro atoms. The largest absolute Gasteiger partial charge is 0.336 e. The monoisotopic (exact) mass is 466 g/mol. The molecule has 7 nitrogen and oxygen atoms in total. The molecule has 0 bridgehead atoms. The molecule has 180 valence electrons. The van der Waals surface area contributed by atoms with Crippen molar-refractivity contribution in [3.8, 4) is 0 Å². The Morgan fingerprint density at radius 1 is 0.882 bits per heavy atom. The zero-order chi connectivity index (χ0) is 24.1. The molecule has 1 unspecified atom stereocenters. The molecule has 1 saturated carbocycles. The van der Waals surface area contributed by atoms with Crippen molar-refractivity contribution in [3.05, 3.63) is 59.9 Å². The number of carbonyl (C=O) groups excluding carboxylic acids is 3. The van der Waals surface area contributed by atoms with E-state index in [1.807, 2.05) is 0 Å². The zero-order valence-corrected chi connectivity index (χ0v) is 19.4. The van der Waals surface area contributed by atoms with Crippen LogP contribution in [0.4, 0.5) is 15.8 Å². The number of halogens is 1. The van der Waals surface area contributed by atoms with E-state index in [2.05, 4.69) is 15.5 Å². The third-order valence-corrected chi connectivity index (χ3v) is 6.69. The number of nitrogens with one attached hydrogen (secondary N) is 2. The summed E-state index contributed by atoms with van der Waals surface area (Å²) >= 11 is 0. The summed E-state index contributed by atoms with van der Waals surface area (Å²) in [6.45, 7) is 3.49. The normalized spacial score (nSPS) is 17.9. The third kappa shape index (κ3) is 5.62. The van der Waals surface area contributed by atoms with Crippen molar-refractivity contribution in [2.45, 2.75) is 38.6 Å². The van der Waals surface area contributed by atoms with Crippen LogP contribution in [0.15, 0.2) is 48.5 Å². The summed E-state index contributed by atoms with van der Waals surface area (Å²) in [4.78, 5) is 41.2. The summed E-state index contributed by atoms with van der Waals surface area (Å²) < 4.78 is 14.1. The maximum Gasteiger partial charge on any atom is 0.256 e. The smallest absolute Gasteiger partial charge is 0.256 e. The molecule has 1 atom stereocenters. The average molecular weight is 467 g/mol. The van der Waals surface area contributed by atoms with Crippen molar-refractivity contribution >= 4 is 29.1 Å². The number of nitrogens with zero attached hydrogens (tertiary/aromatic N) is 2. The maximum atomic E-state index is 14.1. The molecular weight excluding hydrogens is 435 g/mol. The highest BCUT2D eigenvalue weighted by Gasteiger charge is 2.37. The van der Waals surface area contributed by atoms with E-state index in [1.165, 1.54) is 19.1 Å². The number of anilines is 2. The summed E-state index contributed by atoms with van der Waals surface area (Å²) in [5.74, 6) is -0.743. The number of hydrogen-bond donors (Lipinski definition) is 2. The van der Waals surface area contributed by atoms with Gasteiger partial charge in [-0.2, -0.15) is 0 Å². The summed E-state index contributed by atoms with van der Waals surface area (Å²) in [7, 11) is 0. The number of benzene rings is 2. The van der Waals surface area contributed by atoms with Gasteiger partial charge in [-0.15, -0.1) is 0 Å². The number of piperazine rings is 1. The van der Waals surface area contributed by atoms with Crippen molar-refractivity contribution in [2.75, 3.05) is 36.8 Å². The summed E-state index contributed by atoms with van der Waals surface area (Å²) in [6, 6.07) is 12.8. The van der Waals surface area contributed by atoms with Gasteiger partial charge in [-0.1, -0.05) is 25.0 Å². The van der Waals surface area contributed by atoms with E-state index < -0.39 is 5.82 Å². The highest BCUT2D eigenvalue weighted by atomic mass is 19.1. The van der Waals surface area contributed by atoms with E-state index in [0.717, 1.165) is 25.7 Å². The van der Waals surface area contributed by atoms with Crippen LogP contribution in [0.5, 0.6) is 0 Å². The second kappa shape index (κ2) is 10.8. The van der Waals surface area contributed by atoms with E-state index in [-0.39, 0.29) is 35.2 Å². The van der Waals surface area contributed by atoms with Crippen LogP contribution in [0.2, 0.25) is 0 Å². The van der Waals surface area contributed by atoms with Crippen LogP contribution in [0.1, 0.15) is 43.0 Å². The van der Waals surface area contributed by atoms with E-state index >= 15 is 0 Å². The lowest BCUT2D eigenvalue weighted by Gasteiger charge is -2.40.